The quantitative estimate of drug-likeness (QED) is 0.410. The van der Waals surface area contributed by atoms with E-state index in [0.717, 1.165) is 55.0 Å². The van der Waals surface area contributed by atoms with E-state index in [4.69, 9.17) is 9.84 Å². The number of hydrogen-bond donors (Lipinski definition) is 1. The fourth-order valence-corrected chi connectivity index (χ4v) is 5.19. The van der Waals surface area contributed by atoms with Gasteiger partial charge in [-0.25, -0.2) is 0 Å². The van der Waals surface area contributed by atoms with Crippen molar-refractivity contribution in [2.45, 2.75) is 64.6 Å². The molecular formula is C28H33F3N2O3. The molecule has 0 spiro atoms. The Labute approximate surface area is 210 Å². The number of aliphatic carboxylic acids is 1. The minimum atomic E-state index is -4.42. The number of aliphatic imine (C=N–C) groups is 1. The van der Waals surface area contributed by atoms with Gasteiger partial charge in [-0.15, -0.1) is 0 Å². The first-order valence-electron chi connectivity index (χ1n) is 12.6. The van der Waals surface area contributed by atoms with Gasteiger partial charge in [0.25, 0.3) is 0 Å². The molecule has 4 rings (SSSR count). The van der Waals surface area contributed by atoms with Crippen molar-refractivity contribution in [2.75, 3.05) is 19.8 Å². The predicted molar refractivity (Wildman–Crippen MR) is 133 cm³/mol. The Bertz CT molecular complexity index is 1120. The van der Waals surface area contributed by atoms with Crippen molar-refractivity contribution in [3.63, 3.8) is 0 Å². The van der Waals surface area contributed by atoms with Gasteiger partial charge in [-0.05, 0) is 72.6 Å². The predicted octanol–water partition coefficient (Wildman–Crippen LogP) is 6.29. The Balaban J connectivity index is 1.40. The van der Waals surface area contributed by atoms with Crippen LogP contribution in [0.15, 0.2) is 41.4 Å². The third-order valence-electron chi connectivity index (χ3n) is 7.36. The van der Waals surface area contributed by atoms with Crippen molar-refractivity contribution in [1.29, 1.82) is 0 Å². The first-order chi connectivity index (χ1) is 17.2. The molecule has 0 unspecified atom stereocenters. The fourth-order valence-electron chi connectivity index (χ4n) is 5.19. The van der Waals surface area contributed by atoms with Crippen molar-refractivity contribution in [3.8, 4) is 5.75 Å². The first kappa shape index (κ1) is 26.2. The summed E-state index contributed by atoms with van der Waals surface area (Å²) in [6.07, 6.45) is -0.0504. The van der Waals surface area contributed by atoms with Crippen LogP contribution in [0.4, 0.5) is 13.2 Å². The summed E-state index contributed by atoms with van der Waals surface area (Å²) in [5.41, 5.74) is 3.77. The van der Waals surface area contributed by atoms with Crippen LogP contribution < -0.4 is 4.74 Å². The van der Waals surface area contributed by atoms with Gasteiger partial charge in [-0.2, -0.15) is 13.2 Å². The lowest BCUT2D eigenvalue weighted by Crippen LogP contribution is -2.49. The Morgan fingerprint density at radius 1 is 1.11 bits per heavy atom. The molecule has 1 N–H and O–H groups in total. The largest absolute Gasteiger partial charge is 0.481 e. The number of rotatable bonds is 9. The highest BCUT2D eigenvalue weighted by atomic mass is 19.4. The van der Waals surface area contributed by atoms with Crippen LogP contribution in [0.3, 0.4) is 0 Å². The average molecular weight is 503 g/mol. The van der Waals surface area contributed by atoms with Gasteiger partial charge in [-0.1, -0.05) is 38.0 Å². The van der Waals surface area contributed by atoms with Gasteiger partial charge in [0.1, 0.15) is 5.75 Å². The summed E-state index contributed by atoms with van der Waals surface area (Å²) in [6, 6.07) is 10.4. The highest BCUT2D eigenvalue weighted by Crippen LogP contribution is 2.42. The molecule has 0 aromatic heterocycles. The van der Waals surface area contributed by atoms with Gasteiger partial charge in [0.2, 0.25) is 0 Å². The fraction of sp³-hybridized carbons (Fsp3) is 0.500. The second-order valence-corrected chi connectivity index (χ2v) is 9.81. The van der Waals surface area contributed by atoms with E-state index in [1.165, 1.54) is 5.56 Å². The summed E-state index contributed by atoms with van der Waals surface area (Å²) >= 11 is 0. The molecule has 2 aromatic carbocycles. The minimum absolute atomic E-state index is 0.0358. The molecule has 36 heavy (non-hydrogen) atoms. The molecule has 0 atom stereocenters. The molecule has 1 saturated carbocycles. The smallest absolute Gasteiger partial charge is 0.416 e. The van der Waals surface area contributed by atoms with Crippen LogP contribution >= 0.6 is 0 Å². The zero-order valence-corrected chi connectivity index (χ0v) is 20.8. The Hall–Kier alpha value is -2.87. The zero-order valence-electron chi connectivity index (χ0n) is 20.8. The highest BCUT2D eigenvalue weighted by Gasteiger charge is 2.36. The van der Waals surface area contributed by atoms with Crippen molar-refractivity contribution in [2.24, 2.45) is 10.9 Å². The standard InChI is InChI=1S/C28H33F3N2O3/c1-3-19-12-21(8-9-22(19)14-33-15-23(16-33)27(34)35)18(2)32-17-36-24-10-11-25(20-6-4-5-7-20)26(13-24)28(29,30)31/h8-13,20,23H,3-7,14-17H2,1-2H3,(H,34,35). The summed E-state index contributed by atoms with van der Waals surface area (Å²) < 4.78 is 46.7. The molecule has 0 amide bonds. The summed E-state index contributed by atoms with van der Waals surface area (Å²) in [5.74, 6) is -0.897. The molecule has 1 aliphatic heterocycles. The van der Waals surface area contributed by atoms with E-state index in [1.54, 1.807) is 12.1 Å². The summed E-state index contributed by atoms with van der Waals surface area (Å²) in [6.45, 7) is 5.70. The number of carboxylic acid groups (broad SMARTS) is 1. The average Bonchev–Trinajstić information content (AvgIpc) is 3.35. The maximum absolute atomic E-state index is 13.7. The van der Waals surface area contributed by atoms with Crippen molar-refractivity contribution in [1.82, 2.24) is 4.90 Å². The summed E-state index contributed by atoms with van der Waals surface area (Å²) in [4.78, 5) is 17.6. The number of nitrogens with zero attached hydrogens (tertiary/aromatic N) is 2. The monoisotopic (exact) mass is 502 g/mol. The highest BCUT2D eigenvalue weighted by molar-refractivity contribution is 5.98. The van der Waals surface area contributed by atoms with Crippen LogP contribution in [-0.2, 0) is 23.9 Å². The van der Waals surface area contributed by atoms with E-state index in [-0.39, 0.29) is 24.3 Å². The number of carboxylic acids is 1. The minimum Gasteiger partial charge on any atom is -0.481 e. The van der Waals surface area contributed by atoms with Gasteiger partial charge < -0.3 is 9.84 Å². The van der Waals surface area contributed by atoms with Crippen molar-refractivity contribution in [3.05, 3.63) is 64.2 Å². The Morgan fingerprint density at radius 2 is 1.83 bits per heavy atom. The first-order valence-corrected chi connectivity index (χ1v) is 12.6. The van der Waals surface area contributed by atoms with Crippen molar-refractivity contribution >= 4 is 11.7 Å². The molecule has 0 bridgehead atoms. The van der Waals surface area contributed by atoms with Crippen LogP contribution in [0.5, 0.6) is 5.75 Å². The molecule has 5 nitrogen and oxygen atoms in total. The lowest BCUT2D eigenvalue weighted by Gasteiger charge is -2.37. The summed E-state index contributed by atoms with van der Waals surface area (Å²) in [7, 11) is 0. The van der Waals surface area contributed by atoms with E-state index < -0.39 is 17.7 Å². The number of likely N-dealkylation sites (tertiary alicyclic amines) is 1. The molecular weight excluding hydrogens is 469 g/mol. The second kappa shape index (κ2) is 11.0. The molecule has 194 valence electrons. The topological polar surface area (TPSA) is 62.1 Å². The van der Waals surface area contributed by atoms with Crippen LogP contribution in [-0.4, -0.2) is 41.5 Å². The van der Waals surface area contributed by atoms with Gasteiger partial charge in [0.15, 0.2) is 6.73 Å². The molecule has 1 heterocycles. The van der Waals surface area contributed by atoms with Crippen LogP contribution in [0.1, 0.15) is 73.3 Å². The normalized spacial score (nSPS) is 17.9. The lowest BCUT2D eigenvalue weighted by molar-refractivity contribution is -0.147. The Kier molecular flexibility index (Phi) is 8.03. The third kappa shape index (κ3) is 6.09. The number of halogens is 3. The zero-order chi connectivity index (χ0) is 25.9. The third-order valence-corrected chi connectivity index (χ3v) is 7.36. The number of carbonyl (C=O) groups is 1. The number of benzene rings is 2. The molecule has 8 heteroatoms. The molecule has 0 radical (unpaired) electrons. The second-order valence-electron chi connectivity index (χ2n) is 9.81. The molecule has 2 aliphatic rings. The lowest BCUT2D eigenvalue weighted by atomic mass is 9.92. The summed E-state index contributed by atoms with van der Waals surface area (Å²) in [5, 5.41) is 9.06. The number of ether oxygens (including phenoxy) is 1. The van der Waals surface area contributed by atoms with E-state index in [2.05, 4.69) is 22.9 Å². The molecule has 2 fully saturated rings. The number of alkyl halides is 3. The van der Waals surface area contributed by atoms with Gasteiger partial charge >= 0.3 is 12.1 Å². The Morgan fingerprint density at radius 3 is 2.47 bits per heavy atom. The van der Waals surface area contributed by atoms with Crippen LogP contribution in [0.2, 0.25) is 0 Å². The van der Waals surface area contributed by atoms with Crippen molar-refractivity contribution < 1.29 is 27.8 Å². The van der Waals surface area contributed by atoms with E-state index in [1.807, 2.05) is 19.1 Å². The molecule has 1 aliphatic carbocycles. The number of hydrogen-bond acceptors (Lipinski definition) is 4. The van der Waals surface area contributed by atoms with Gasteiger partial charge in [0, 0.05) is 25.3 Å². The van der Waals surface area contributed by atoms with E-state index in [0.29, 0.717) is 25.2 Å². The molecule has 1 saturated heterocycles. The van der Waals surface area contributed by atoms with Crippen LogP contribution in [0, 0.1) is 5.92 Å². The maximum atomic E-state index is 13.7. The van der Waals surface area contributed by atoms with Gasteiger partial charge in [-0.3, -0.25) is 14.7 Å². The van der Waals surface area contributed by atoms with E-state index >= 15 is 0 Å². The number of aryl methyl sites for hydroxylation is 1. The van der Waals surface area contributed by atoms with Gasteiger partial charge in [0.05, 0.1) is 11.5 Å². The SMILES string of the molecule is CCc1cc(C(C)=NCOc2ccc(C3CCCC3)c(C(F)(F)F)c2)ccc1CN1CC(C(=O)O)C1. The maximum Gasteiger partial charge on any atom is 0.416 e. The van der Waals surface area contributed by atoms with E-state index in [9.17, 15) is 18.0 Å². The van der Waals surface area contributed by atoms with Crippen LogP contribution in [0.25, 0.3) is 0 Å². The molecule has 2 aromatic rings.